The predicted octanol–water partition coefficient (Wildman–Crippen LogP) is -0.906. The van der Waals surface area contributed by atoms with Crippen molar-refractivity contribution in [1.29, 1.82) is 0 Å². The van der Waals surface area contributed by atoms with Crippen molar-refractivity contribution in [1.82, 2.24) is 14.7 Å². The minimum Gasteiger partial charge on any atom is -0.480 e. The lowest BCUT2D eigenvalue weighted by molar-refractivity contribution is -0.142. The first-order valence-corrected chi connectivity index (χ1v) is 6.65. The summed E-state index contributed by atoms with van der Waals surface area (Å²) in [5.41, 5.74) is 0. The van der Waals surface area contributed by atoms with Gasteiger partial charge in [-0.25, -0.2) is 13.4 Å². The Hall–Kier alpha value is -1.94. The Kier molecular flexibility index (Phi) is 5.01. The van der Waals surface area contributed by atoms with Crippen LogP contribution in [0.15, 0.2) is 17.6 Å². The van der Waals surface area contributed by atoms with Gasteiger partial charge in [-0.3, -0.25) is 9.59 Å². The van der Waals surface area contributed by atoms with Crippen LogP contribution in [0.2, 0.25) is 0 Å². The second kappa shape index (κ2) is 6.29. The maximum Gasteiger partial charge on any atom is 0.321 e. The third-order valence-corrected chi connectivity index (χ3v) is 3.62. The highest BCUT2D eigenvalue weighted by Crippen LogP contribution is 2.07. The first-order chi connectivity index (χ1) is 8.86. The van der Waals surface area contributed by atoms with Gasteiger partial charge in [0, 0.05) is 6.42 Å². The number of aromatic amines is 1. The summed E-state index contributed by atoms with van der Waals surface area (Å²) >= 11 is 0. The highest BCUT2D eigenvalue weighted by molar-refractivity contribution is 7.89. The number of aromatic nitrogens is 2. The summed E-state index contributed by atoms with van der Waals surface area (Å²) in [6.45, 7) is 0. The Bertz CT molecular complexity index is 538. The number of carboxylic acids is 1. The van der Waals surface area contributed by atoms with Crippen LogP contribution in [0.5, 0.6) is 0 Å². The second-order valence-corrected chi connectivity index (χ2v) is 5.23. The molecule has 1 aromatic heterocycles. The number of esters is 1. The number of hydrogen-bond acceptors (Lipinski definition) is 6. The summed E-state index contributed by atoms with van der Waals surface area (Å²) in [7, 11) is -2.86. The lowest BCUT2D eigenvalue weighted by Gasteiger charge is -2.13. The number of carbonyl (C=O) groups excluding carboxylic acids is 1. The number of H-pyrrole nitrogens is 1. The van der Waals surface area contributed by atoms with Gasteiger partial charge in [-0.05, 0) is 6.42 Å². The molecular formula is C9H13N3O6S. The first-order valence-electron chi connectivity index (χ1n) is 5.17. The molecular weight excluding hydrogens is 278 g/mol. The van der Waals surface area contributed by atoms with E-state index < -0.39 is 28.0 Å². The van der Waals surface area contributed by atoms with Gasteiger partial charge in [-0.1, -0.05) is 0 Å². The zero-order chi connectivity index (χ0) is 14.5. The van der Waals surface area contributed by atoms with Gasteiger partial charge in [0.05, 0.1) is 19.6 Å². The summed E-state index contributed by atoms with van der Waals surface area (Å²) < 4.78 is 29.8. The summed E-state index contributed by atoms with van der Waals surface area (Å²) in [6, 6.07) is -1.42. The molecule has 0 aliphatic rings. The molecule has 1 aromatic rings. The Labute approximate surface area is 109 Å². The summed E-state index contributed by atoms with van der Waals surface area (Å²) in [5.74, 6) is -2.00. The lowest BCUT2D eigenvalue weighted by atomic mass is 10.2. The van der Waals surface area contributed by atoms with E-state index in [1.165, 1.54) is 0 Å². The molecule has 0 unspecified atom stereocenters. The molecule has 0 bridgehead atoms. The maximum absolute atomic E-state index is 11.8. The van der Waals surface area contributed by atoms with Gasteiger partial charge in [0.2, 0.25) is 0 Å². The standard InChI is InChI=1S/C9H13N3O6S/c1-18-8(13)3-2-6(9(14)15)12-19(16,17)7-4-10-5-11-7/h4-6,12H,2-3H2,1H3,(H,10,11)(H,14,15)/t6-/m0/s1. The van der Waals surface area contributed by atoms with Crippen LogP contribution >= 0.6 is 0 Å². The van der Waals surface area contributed by atoms with E-state index in [9.17, 15) is 18.0 Å². The SMILES string of the molecule is COC(=O)CC[C@H](NS(=O)(=O)c1cnc[nH]1)C(=O)O. The molecule has 0 saturated carbocycles. The minimum absolute atomic E-state index is 0.209. The number of methoxy groups -OCH3 is 1. The van der Waals surface area contributed by atoms with Crippen molar-refractivity contribution in [3.8, 4) is 0 Å². The molecule has 106 valence electrons. The smallest absolute Gasteiger partial charge is 0.321 e. The van der Waals surface area contributed by atoms with Crippen molar-refractivity contribution < 1.29 is 27.9 Å². The average Bonchev–Trinajstić information content (AvgIpc) is 2.88. The number of sulfonamides is 1. The minimum atomic E-state index is -4.02. The molecule has 0 amide bonds. The molecule has 3 N–H and O–H groups in total. The van der Waals surface area contributed by atoms with Crippen LogP contribution in [0.1, 0.15) is 12.8 Å². The number of ether oxygens (including phenoxy) is 1. The second-order valence-electron chi connectivity index (χ2n) is 3.54. The maximum atomic E-state index is 11.8. The van der Waals surface area contributed by atoms with E-state index >= 15 is 0 Å². The quantitative estimate of drug-likeness (QED) is 0.553. The van der Waals surface area contributed by atoms with Crippen LogP contribution in [0.4, 0.5) is 0 Å². The molecule has 9 nitrogen and oxygen atoms in total. The van der Waals surface area contributed by atoms with Crippen molar-refractivity contribution in [2.45, 2.75) is 23.9 Å². The molecule has 10 heteroatoms. The molecule has 0 aliphatic heterocycles. The first kappa shape index (κ1) is 15.1. The zero-order valence-electron chi connectivity index (χ0n) is 9.99. The molecule has 0 saturated heterocycles. The van der Waals surface area contributed by atoms with Gasteiger partial charge in [0.1, 0.15) is 6.04 Å². The largest absolute Gasteiger partial charge is 0.480 e. The summed E-state index contributed by atoms with van der Waals surface area (Å²) in [6.07, 6.45) is 1.77. The molecule has 1 rings (SSSR count). The topological polar surface area (TPSA) is 138 Å². The molecule has 0 spiro atoms. The predicted molar refractivity (Wildman–Crippen MR) is 61.6 cm³/mol. The summed E-state index contributed by atoms with van der Waals surface area (Å²) in [4.78, 5) is 27.8. The molecule has 0 fully saturated rings. The van der Waals surface area contributed by atoms with Gasteiger partial charge in [0.15, 0.2) is 5.03 Å². The molecule has 1 heterocycles. The lowest BCUT2D eigenvalue weighted by Crippen LogP contribution is -2.41. The van der Waals surface area contributed by atoms with Gasteiger partial charge in [-0.2, -0.15) is 4.72 Å². The number of aliphatic carboxylic acids is 1. The number of carboxylic acid groups (broad SMARTS) is 1. The number of rotatable bonds is 7. The van der Waals surface area contributed by atoms with Crippen LogP contribution in [0.3, 0.4) is 0 Å². The van der Waals surface area contributed by atoms with Crippen molar-refractivity contribution in [3.05, 3.63) is 12.5 Å². The number of imidazole rings is 1. The Morgan fingerprint density at radius 3 is 2.74 bits per heavy atom. The number of nitrogens with zero attached hydrogens (tertiary/aromatic N) is 1. The summed E-state index contributed by atoms with van der Waals surface area (Å²) in [5, 5.41) is 8.66. The van der Waals surface area contributed by atoms with Crippen LogP contribution in [-0.4, -0.2) is 48.6 Å². The van der Waals surface area contributed by atoms with Crippen LogP contribution in [0.25, 0.3) is 0 Å². The third kappa shape index (κ3) is 4.34. The van der Waals surface area contributed by atoms with Crippen LogP contribution in [-0.2, 0) is 24.3 Å². The number of hydrogen-bond donors (Lipinski definition) is 3. The van der Waals surface area contributed by atoms with E-state index in [0.717, 1.165) is 19.6 Å². The fourth-order valence-corrected chi connectivity index (χ4v) is 2.37. The Morgan fingerprint density at radius 1 is 1.58 bits per heavy atom. The molecule has 1 atom stereocenters. The monoisotopic (exact) mass is 291 g/mol. The average molecular weight is 291 g/mol. The van der Waals surface area contributed by atoms with Crippen molar-refractivity contribution in [2.75, 3.05) is 7.11 Å². The zero-order valence-corrected chi connectivity index (χ0v) is 10.8. The van der Waals surface area contributed by atoms with Gasteiger partial charge in [0.25, 0.3) is 10.0 Å². The van der Waals surface area contributed by atoms with E-state index in [0.29, 0.717) is 0 Å². The molecule has 19 heavy (non-hydrogen) atoms. The molecule has 0 aliphatic carbocycles. The fraction of sp³-hybridized carbons (Fsp3) is 0.444. The third-order valence-electron chi connectivity index (χ3n) is 2.22. The van der Waals surface area contributed by atoms with Crippen molar-refractivity contribution >= 4 is 22.0 Å². The van der Waals surface area contributed by atoms with Crippen LogP contribution < -0.4 is 4.72 Å². The van der Waals surface area contributed by atoms with Gasteiger partial charge >= 0.3 is 11.9 Å². The number of carbonyl (C=O) groups is 2. The normalized spacial score (nSPS) is 12.9. The Morgan fingerprint density at radius 2 is 2.26 bits per heavy atom. The van der Waals surface area contributed by atoms with Crippen molar-refractivity contribution in [3.63, 3.8) is 0 Å². The molecule has 0 aromatic carbocycles. The molecule has 0 radical (unpaired) electrons. The van der Waals surface area contributed by atoms with Crippen molar-refractivity contribution in [2.24, 2.45) is 0 Å². The fourth-order valence-electron chi connectivity index (χ4n) is 1.24. The van der Waals surface area contributed by atoms with E-state index in [2.05, 4.69) is 14.7 Å². The van der Waals surface area contributed by atoms with Crippen LogP contribution in [0, 0.1) is 0 Å². The number of nitrogens with one attached hydrogen (secondary N) is 2. The van der Waals surface area contributed by atoms with E-state index in [1.54, 1.807) is 0 Å². The van der Waals surface area contributed by atoms with Gasteiger partial charge in [-0.15, -0.1) is 0 Å². The highest BCUT2D eigenvalue weighted by atomic mass is 32.2. The highest BCUT2D eigenvalue weighted by Gasteiger charge is 2.26. The Balaban J connectivity index is 2.74. The van der Waals surface area contributed by atoms with Gasteiger partial charge < -0.3 is 14.8 Å². The van der Waals surface area contributed by atoms with E-state index in [4.69, 9.17) is 5.11 Å². The van der Waals surface area contributed by atoms with E-state index in [1.807, 2.05) is 4.72 Å². The van der Waals surface area contributed by atoms with E-state index in [-0.39, 0.29) is 17.9 Å².